The van der Waals surface area contributed by atoms with Crippen LogP contribution in [0.4, 0.5) is 9.59 Å². The van der Waals surface area contributed by atoms with E-state index in [4.69, 9.17) is 10.8 Å². The zero-order valence-electron chi connectivity index (χ0n) is 10.5. The van der Waals surface area contributed by atoms with Crippen LogP contribution in [0.2, 0.25) is 0 Å². The fourth-order valence-electron chi connectivity index (χ4n) is 1.26. The molecule has 8 heteroatoms. The lowest BCUT2D eigenvalue weighted by atomic mass is 10.0. The highest BCUT2D eigenvalue weighted by molar-refractivity contribution is 5.82. The van der Waals surface area contributed by atoms with Crippen LogP contribution in [0.25, 0.3) is 0 Å². The highest BCUT2D eigenvalue weighted by atomic mass is 16.4. The first kappa shape index (κ1) is 16.0. The van der Waals surface area contributed by atoms with Crippen LogP contribution in [0.3, 0.4) is 0 Å². The molecule has 4 amide bonds. The number of nitrogens with two attached hydrogens (primary N) is 1. The zero-order chi connectivity index (χ0) is 14.1. The van der Waals surface area contributed by atoms with Gasteiger partial charge in [-0.05, 0) is 12.3 Å². The van der Waals surface area contributed by atoms with Crippen LogP contribution in [0.1, 0.15) is 20.3 Å². The first-order chi connectivity index (χ1) is 8.32. The van der Waals surface area contributed by atoms with E-state index in [0.717, 1.165) is 0 Å². The molecule has 6 N–H and O–H groups in total. The number of carbonyl (C=O) groups is 3. The Morgan fingerprint density at radius 3 is 2.17 bits per heavy atom. The van der Waals surface area contributed by atoms with Gasteiger partial charge >= 0.3 is 18.0 Å². The molecular formula is C10H20N4O4. The first-order valence-electron chi connectivity index (χ1n) is 5.63. The van der Waals surface area contributed by atoms with Gasteiger partial charge in [-0.2, -0.15) is 0 Å². The molecule has 18 heavy (non-hydrogen) atoms. The van der Waals surface area contributed by atoms with Crippen molar-refractivity contribution in [1.29, 1.82) is 0 Å². The number of nitrogens with one attached hydrogen (secondary N) is 3. The number of amides is 4. The summed E-state index contributed by atoms with van der Waals surface area (Å²) in [7, 11) is 0. The predicted octanol–water partition coefficient (Wildman–Crippen LogP) is -0.547. The Morgan fingerprint density at radius 1 is 1.17 bits per heavy atom. The van der Waals surface area contributed by atoms with E-state index >= 15 is 0 Å². The molecule has 0 aromatic heterocycles. The maximum absolute atomic E-state index is 11.4. The summed E-state index contributed by atoms with van der Waals surface area (Å²) in [6, 6.07) is -2.19. The quantitative estimate of drug-likeness (QED) is 0.393. The lowest BCUT2D eigenvalue weighted by Crippen LogP contribution is -2.48. The van der Waals surface area contributed by atoms with E-state index in [1.54, 1.807) is 0 Å². The van der Waals surface area contributed by atoms with Crippen molar-refractivity contribution in [2.75, 3.05) is 13.1 Å². The Hall–Kier alpha value is -1.99. The first-order valence-corrected chi connectivity index (χ1v) is 5.63. The number of carboxylic acids is 1. The summed E-state index contributed by atoms with van der Waals surface area (Å²) in [6.07, 6.45) is 0.349. The van der Waals surface area contributed by atoms with Gasteiger partial charge in [-0.25, -0.2) is 14.4 Å². The number of carbonyl (C=O) groups excluding carboxylic acids is 2. The summed E-state index contributed by atoms with van der Waals surface area (Å²) >= 11 is 0. The largest absolute Gasteiger partial charge is 0.480 e. The Morgan fingerprint density at radius 2 is 1.72 bits per heavy atom. The molecule has 0 spiro atoms. The van der Waals surface area contributed by atoms with Crippen molar-refractivity contribution in [3.63, 3.8) is 0 Å². The molecule has 0 aliphatic rings. The summed E-state index contributed by atoms with van der Waals surface area (Å²) in [5.74, 6) is -0.919. The van der Waals surface area contributed by atoms with Crippen molar-refractivity contribution >= 4 is 18.0 Å². The highest BCUT2D eigenvalue weighted by Crippen LogP contribution is 2.04. The Balaban J connectivity index is 3.95. The van der Waals surface area contributed by atoms with Gasteiger partial charge in [-0.1, -0.05) is 13.8 Å². The third-order valence-corrected chi connectivity index (χ3v) is 2.02. The molecule has 1 atom stereocenters. The van der Waals surface area contributed by atoms with Gasteiger partial charge in [0.1, 0.15) is 6.04 Å². The lowest BCUT2D eigenvalue weighted by Gasteiger charge is -2.16. The Kier molecular flexibility index (Phi) is 7.25. The van der Waals surface area contributed by atoms with Crippen molar-refractivity contribution in [2.24, 2.45) is 11.7 Å². The van der Waals surface area contributed by atoms with Crippen LogP contribution < -0.4 is 21.7 Å². The van der Waals surface area contributed by atoms with E-state index in [1.807, 2.05) is 13.8 Å². The number of hydrogen-bond acceptors (Lipinski definition) is 3. The maximum Gasteiger partial charge on any atom is 0.326 e. The number of urea groups is 2. The molecule has 0 bridgehead atoms. The molecule has 0 aromatic carbocycles. The zero-order valence-corrected chi connectivity index (χ0v) is 10.5. The van der Waals surface area contributed by atoms with Gasteiger partial charge in [0.05, 0.1) is 0 Å². The normalized spacial score (nSPS) is 11.7. The van der Waals surface area contributed by atoms with Crippen LogP contribution in [0.15, 0.2) is 0 Å². The van der Waals surface area contributed by atoms with Gasteiger partial charge in [-0.3, -0.25) is 0 Å². The molecule has 0 unspecified atom stereocenters. The second kappa shape index (κ2) is 8.15. The SMILES string of the molecule is CC(C)C[C@H](NC(=O)NCCNC(N)=O)C(=O)O. The fraction of sp³-hybridized carbons (Fsp3) is 0.700. The van der Waals surface area contributed by atoms with E-state index in [2.05, 4.69) is 16.0 Å². The summed E-state index contributed by atoms with van der Waals surface area (Å²) in [5, 5.41) is 15.9. The summed E-state index contributed by atoms with van der Waals surface area (Å²) in [6.45, 7) is 4.09. The van der Waals surface area contributed by atoms with E-state index in [0.29, 0.717) is 6.42 Å². The molecule has 0 saturated heterocycles. The minimum atomic E-state index is -1.07. The lowest BCUT2D eigenvalue weighted by molar-refractivity contribution is -0.139. The molecule has 104 valence electrons. The topological polar surface area (TPSA) is 134 Å². The van der Waals surface area contributed by atoms with Crippen molar-refractivity contribution in [3.05, 3.63) is 0 Å². The van der Waals surface area contributed by atoms with E-state index in [9.17, 15) is 14.4 Å². The summed E-state index contributed by atoms with van der Waals surface area (Å²) < 4.78 is 0. The summed E-state index contributed by atoms with van der Waals surface area (Å²) in [4.78, 5) is 32.6. The van der Waals surface area contributed by atoms with Gasteiger partial charge in [0.2, 0.25) is 0 Å². The maximum atomic E-state index is 11.4. The number of aliphatic carboxylic acids is 1. The number of carboxylic acid groups (broad SMARTS) is 1. The molecule has 0 aliphatic carbocycles. The van der Waals surface area contributed by atoms with Crippen LogP contribution in [0.5, 0.6) is 0 Å². The Bertz CT molecular complexity index is 306. The third kappa shape index (κ3) is 8.20. The predicted molar refractivity (Wildman–Crippen MR) is 65.0 cm³/mol. The smallest absolute Gasteiger partial charge is 0.326 e. The van der Waals surface area contributed by atoms with Gasteiger partial charge in [0.15, 0.2) is 0 Å². The van der Waals surface area contributed by atoms with Gasteiger partial charge in [-0.15, -0.1) is 0 Å². The molecule has 0 heterocycles. The summed E-state index contributed by atoms with van der Waals surface area (Å²) in [5.41, 5.74) is 4.83. The molecule has 8 nitrogen and oxygen atoms in total. The standard InChI is InChI=1S/C10H20N4O4/c1-6(2)5-7(8(15)16)14-10(18)13-4-3-12-9(11)17/h6-7H,3-5H2,1-2H3,(H,15,16)(H3,11,12,17)(H2,13,14,18)/t7-/m0/s1. The number of primary amides is 1. The fourth-order valence-corrected chi connectivity index (χ4v) is 1.26. The van der Waals surface area contributed by atoms with Crippen molar-refractivity contribution < 1.29 is 19.5 Å². The van der Waals surface area contributed by atoms with Crippen LogP contribution in [-0.2, 0) is 4.79 Å². The molecular weight excluding hydrogens is 240 g/mol. The molecule has 0 saturated carbocycles. The van der Waals surface area contributed by atoms with E-state index < -0.39 is 24.1 Å². The van der Waals surface area contributed by atoms with Crippen LogP contribution in [0, 0.1) is 5.92 Å². The van der Waals surface area contributed by atoms with Crippen molar-refractivity contribution in [1.82, 2.24) is 16.0 Å². The monoisotopic (exact) mass is 260 g/mol. The van der Waals surface area contributed by atoms with Gasteiger partial charge < -0.3 is 26.8 Å². The number of rotatable bonds is 7. The average molecular weight is 260 g/mol. The highest BCUT2D eigenvalue weighted by Gasteiger charge is 2.20. The molecule has 0 rings (SSSR count). The molecule has 0 radical (unpaired) electrons. The molecule has 0 aromatic rings. The van der Waals surface area contributed by atoms with Crippen LogP contribution in [-0.4, -0.2) is 42.3 Å². The minimum Gasteiger partial charge on any atom is -0.480 e. The van der Waals surface area contributed by atoms with Crippen molar-refractivity contribution in [3.8, 4) is 0 Å². The second-order valence-electron chi connectivity index (χ2n) is 4.21. The molecule has 0 fully saturated rings. The molecule has 0 aliphatic heterocycles. The average Bonchev–Trinajstić information content (AvgIpc) is 2.22. The van der Waals surface area contributed by atoms with Crippen molar-refractivity contribution in [2.45, 2.75) is 26.3 Å². The Labute approximate surface area is 105 Å². The van der Waals surface area contributed by atoms with E-state index in [-0.39, 0.29) is 19.0 Å². The number of hydrogen-bond donors (Lipinski definition) is 5. The van der Waals surface area contributed by atoms with Crippen LogP contribution >= 0.6 is 0 Å². The second-order valence-corrected chi connectivity index (χ2v) is 4.21. The van der Waals surface area contributed by atoms with E-state index in [1.165, 1.54) is 0 Å². The minimum absolute atomic E-state index is 0.155. The van der Waals surface area contributed by atoms with Gasteiger partial charge in [0, 0.05) is 13.1 Å². The van der Waals surface area contributed by atoms with Gasteiger partial charge in [0.25, 0.3) is 0 Å². The third-order valence-electron chi connectivity index (χ3n) is 2.02.